The molecule has 10 heteroatoms. The molecule has 1 unspecified atom stereocenters. The van der Waals surface area contributed by atoms with Gasteiger partial charge in [0.05, 0.1) is 12.2 Å². The summed E-state index contributed by atoms with van der Waals surface area (Å²) in [5.41, 5.74) is 3.72. The summed E-state index contributed by atoms with van der Waals surface area (Å²) < 4.78 is 26.3. The molecular weight excluding hydrogens is 537 g/mol. The summed E-state index contributed by atoms with van der Waals surface area (Å²) in [5.74, 6) is -0.345. The fourth-order valence-corrected chi connectivity index (χ4v) is 5.84. The topological polar surface area (TPSA) is 83.9 Å². The van der Waals surface area contributed by atoms with Crippen molar-refractivity contribution in [3.63, 3.8) is 0 Å². The monoisotopic (exact) mass is 579 g/mol. The Morgan fingerprint density at radius 2 is 2.05 bits per heavy atom. The molecule has 1 aromatic heterocycles. The SMILES string of the molecule is O=C(O)C(c1cc(F)ccc1[C@@H]1CCCCO1)N1CC[C@H](OCCCCc2ccc3c(n2)NCCC3)C1.S.S. The summed E-state index contributed by atoms with van der Waals surface area (Å²) in [6.45, 7) is 3.41. The third-order valence-corrected chi connectivity index (χ3v) is 7.78. The first-order valence-corrected chi connectivity index (χ1v) is 13.8. The lowest BCUT2D eigenvalue weighted by Crippen LogP contribution is -2.34. The lowest BCUT2D eigenvalue weighted by atomic mass is 9.92. The van der Waals surface area contributed by atoms with E-state index >= 15 is 0 Å². The van der Waals surface area contributed by atoms with Crippen LogP contribution in [0.3, 0.4) is 0 Å². The quantitative estimate of drug-likeness (QED) is 0.370. The average Bonchev–Trinajstić information content (AvgIpc) is 3.37. The van der Waals surface area contributed by atoms with Crippen molar-refractivity contribution in [2.24, 2.45) is 0 Å². The van der Waals surface area contributed by atoms with E-state index in [1.807, 2.05) is 4.90 Å². The van der Waals surface area contributed by atoms with Crippen LogP contribution < -0.4 is 5.32 Å². The van der Waals surface area contributed by atoms with Crippen LogP contribution in [0.15, 0.2) is 30.3 Å². The highest BCUT2D eigenvalue weighted by Crippen LogP contribution is 2.36. The zero-order valence-electron chi connectivity index (χ0n) is 22.5. The molecule has 0 aliphatic carbocycles. The first-order valence-electron chi connectivity index (χ1n) is 13.8. The molecule has 39 heavy (non-hydrogen) atoms. The number of nitrogens with zero attached hydrogens (tertiary/aromatic N) is 2. The van der Waals surface area contributed by atoms with Crippen molar-refractivity contribution in [2.75, 3.05) is 38.2 Å². The van der Waals surface area contributed by atoms with Crippen LogP contribution >= 0.6 is 27.0 Å². The Hall–Kier alpha value is -1.85. The number of halogens is 1. The smallest absolute Gasteiger partial charge is 0.325 e. The molecule has 1 aromatic carbocycles. The zero-order chi connectivity index (χ0) is 25.6. The minimum atomic E-state index is -0.963. The normalized spacial score (nSPS) is 21.7. The molecule has 0 saturated carbocycles. The number of benzene rings is 1. The maximum absolute atomic E-state index is 14.3. The first kappa shape index (κ1) is 31.7. The minimum Gasteiger partial charge on any atom is -0.480 e. The maximum Gasteiger partial charge on any atom is 0.325 e. The van der Waals surface area contributed by atoms with Gasteiger partial charge in [-0.1, -0.05) is 12.1 Å². The molecule has 3 aliphatic heterocycles. The van der Waals surface area contributed by atoms with Gasteiger partial charge in [-0.2, -0.15) is 27.0 Å². The van der Waals surface area contributed by atoms with Crippen LogP contribution in [0.25, 0.3) is 0 Å². The molecule has 0 radical (unpaired) electrons. The second-order valence-corrected chi connectivity index (χ2v) is 10.4. The van der Waals surface area contributed by atoms with E-state index in [2.05, 4.69) is 17.4 Å². The van der Waals surface area contributed by atoms with Crippen molar-refractivity contribution in [1.29, 1.82) is 0 Å². The molecular formula is C29H42FN3O4S2. The van der Waals surface area contributed by atoms with Gasteiger partial charge < -0.3 is 19.9 Å². The Morgan fingerprint density at radius 3 is 2.85 bits per heavy atom. The molecule has 0 bridgehead atoms. The number of anilines is 1. The molecule has 216 valence electrons. The molecule has 2 saturated heterocycles. The lowest BCUT2D eigenvalue weighted by Gasteiger charge is -2.30. The van der Waals surface area contributed by atoms with Crippen LogP contribution in [0.1, 0.15) is 79.5 Å². The van der Waals surface area contributed by atoms with Gasteiger partial charge >= 0.3 is 5.97 Å². The lowest BCUT2D eigenvalue weighted by molar-refractivity contribution is -0.143. The van der Waals surface area contributed by atoms with Crippen LogP contribution in [-0.4, -0.2) is 59.9 Å². The highest BCUT2D eigenvalue weighted by Gasteiger charge is 2.36. The highest BCUT2D eigenvalue weighted by molar-refractivity contribution is 7.59. The number of aliphatic carboxylic acids is 1. The van der Waals surface area contributed by atoms with Crippen molar-refractivity contribution in [1.82, 2.24) is 9.88 Å². The second kappa shape index (κ2) is 15.2. The van der Waals surface area contributed by atoms with Crippen molar-refractivity contribution < 1.29 is 23.8 Å². The molecule has 2 N–H and O–H groups in total. The predicted octanol–water partition coefficient (Wildman–Crippen LogP) is 5.29. The standard InChI is InChI=1S/C29H38FN3O4.2H2S/c30-21-10-12-24(26-8-2-4-17-37-26)25(18-21)27(29(34)35)33-15-13-23(19-33)36-16-3-1-7-22-11-9-20-6-5-14-31-28(20)32-22;;/h9-12,18,23,26-27H,1-8,13-17,19H2,(H,31,32)(H,34,35);2*1H2/t23-,26-,27?;;/m0../s1. The van der Waals surface area contributed by atoms with E-state index in [0.717, 1.165) is 81.4 Å². The third kappa shape index (κ3) is 8.10. The summed E-state index contributed by atoms with van der Waals surface area (Å²) in [7, 11) is 0. The number of ether oxygens (including phenoxy) is 2. The van der Waals surface area contributed by atoms with Crippen molar-refractivity contribution in [2.45, 2.75) is 76.0 Å². The van der Waals surface area contributed by atoms with Gasteiger partial charge in [-0.15, -0.1) is 0 Å². The van der Waals surface area contributed by atoms with E-state index in [4.69, 9.17) is 14.5 Å². The Labute approximate surface area is 244 Å². The van der Waals surface area contributed by atoms with Gasteiger partial charge in [0, 0.05) is 38.5 Å². The van der Waals surface area contributed by atoms with Gasteiger partial charge in [0.25, 0.3) is 0 Å². The van der Waals surface area contributed by atoms with Crippen LogP contribution in [0.5, 0.6) is 0 Å². The minimum absolute atomic E-state index is 0. The molecule has 0 spiro atoms. The first-order chi connectivity index (χ1) is 18.1. The molecule has 0 amide bonds. The number of carboxylic acid groups (broad SMARTS) is 1. The van der Waals surface area contributed by atoms with Crippen LogP contribution in [0.2, 0.25) is 0 Å². The number of unbranched alkanes of at least 4 members (excludes halogenated alkanes) is 1. The Morgan fingerprint density at radius 1 is 1.18 bits per heavy atom. The van der Waals surface area contributed by atoms with Crippen molar-refractivity contribution >= 4 is 38.8 Å². The van der Waals surface area contributed by atoms with Gasteiger partial charge in [0.2, 0.25) is 0 Å². The molecule has 2 fully saturated rings. The predicted molar refractivity (Wildman–Crippen MR) is 160 cm³/mol. The summed E-state index contributed by atoms with van der Waals surface area (Å²) in [5, 5.41) is 13.5. The van der Waals surface area contributed by atoms with Crippen molar-refractivity contribution in [3.05, 3.63) is 58.5 Å². The number of rotatable bonds is 10. The fraction of sp³-hybridized carbons (Fsp3) is 0.586. The van der Waals surface area contributed by atoms with E-state index in [9.17, 15) is 14.3 Å². The molecule has 7 nitrogen and oxygen atoms in total. The number of carbonyl (C=O) groups is 1. The summed E-state index contributed by atoms with van der Waals surface area (Å²) in [4.78, 5) is 19.1. The maximum atomic E-state index is 14.3. The average molecular weight is 580 g/mol. The second-order valence-electron chi connectivity index (χ2n) is 10.4. The molecule has 4 heterocycles. The number of nitrogens with one attached hydrogen (secondary N) is 1. The largest absolute Gasteiger partial charge is 0.480 e. The van der Waals surface area contributed by atoms with Crippen LogP contribution in [-0.2, 0) is 27.1 Å². The van der Waals surface area contributed by atoms with Gasteiger partial charge in [-0.3, -0.25) is 9.69 Å². The van der Waals surface area contributed by atoms with Crippen molar-refractivity contribution in [3.8, 4) is 0 Å². The van der Waals surface area contributed by atoms with E-state index in [-0.39, 0.29) is 39.2 Å². The third-order valence-electron chi connectivity index (χ3n) is 7.78. The number of hydrogen-bond acceptors (Lipinski definition) is 6. The molecule has 2 aromatic rings. The van der Waals surface area contributed by atoms with Crippen LogP contribution in [0.4, 0.5) is 10.2 Å². The van der Waals surface area contributed by atoms with Gasteiger partial charge in [-0.05, 0) is 92.7 Å². The number of fused-ring (bicyclic) bond motifs is 1. The van der Waals surface area contributed by atoms with Gasteiger partial charge in [0.1, 0.15) is 17.7 Å². The number of carboxylic acids is 1. The number of aromatic nitrogens is 1. The van der Waals surface area contributed by atoms with E-state index in [1.54, 1.807) is 6.07 Å². The highest BCUT2D eigenvalue weighted by atomic mass is 32.1. The zero-order valence-corrected chi connectivity index (χ0v) is 24.5. The Bertz CT molecular complexity index is 1090. The molecule has 5 rings (SSSR count). The fourth-order valence-electron chi connectivity index (χ4n) is 5.84. The number of aryl methyl sites for hydroxylation is 2. The van der Waals surface area contributed by atoms with Gasteiger partial charge in [-0.25, -0.2) is 9.37 Å². The Balaban J connectivity index is 0.00000210. The Kier molecular flexibility index (Phi) is 12.4. The summed E-state index contributed by atoms with van der Waals surface area (Å²) >= 11 is 0. The van der Waals surface area contributed by atoms with E-state index in [1.165, 1.54) is 17.7 Å². The van der Waals surface area contributed by atoms with E-state index in [0.29, 0.717) is 31.9 Å². The van der Waals surface area contributed by atoms with E-state index < -0.39 is 17.8 Å². The molecule has 3 atom stereocenters. The number of hydrogen-bond donors (Lipinski definition) is 2. The summed E-state index contributed by atoms with van der Waals surface area (Å²) in [6, 6.07) is 7.90. The number of likely N-dealkylation sites (tertiary alicyclic amines) is 1. The summed E-state index contributed by atoms with van der Waals surface area (Å²) in [6.07, 6.45) is 8.53. The molecule has 3 aliphatic rings. The number of pyridine rings is 1. The van der Waals surface area contributed by atoms with Crippen LogP contribution in [0, 0.1) is 5.82 Å². The van der Waals surface area contributed by atoms with Gasteiger partial charge in [0.15, 0.2) is 0 Å².